The molecular weight excluding hydrogens is 436 g/mol. The molecule has 0 radical (unpaired) electrons. The first-order valence-corrected chi connectivity index (χ1v) is 9.97. The van der Waals surface area contributed by atoms with Gasteiger partial charge in [0, 0.05) is 4.47 Å². The van der Waals surface area contributed by atoms with Gasteiger partial charge in [-0.1, -0.05) is 58.4 Å². The molecule has 0 aliphatic carbocycles. The molecule has 2 heterocycles. The average molecular weight is 453 g/mol. The third kappa shape index (κ3) is 2.76. The molecule has 5 rings (SSSR count). The van der Waals surface area contributed by atoms with Crippen LogP contribution in [0.4, 0.5) is 4.79 Å². The van der Waals surface area contributed by atoms with E-state index in [0.29, 0.717) is 11.5 Å². The maximum atomic E-state index is 13.4. The van der Waals surface area contributed by atoms with E-state index in [1.165, 1.54) is 4.90 Å². The number of carbonyl (C=O) groups is 2. The summed E-state index contributed by atoms with van der Waals surface area (Å²) in [5, 5.41) is 4.86. The summed E-state index contributed by atoms with van der Waals surface area (Å²) in [6.07, 6.45) is 0. The second-order valence-electron chi connectivity index (χ2n) is 7.27. The molecular formula is C22H17BrN2O4. The number of ether oxygens (including phenoxy) is 2. The Labute approximate surface area is 175 Å². The Kier molecular flexibility index (Phi) is 4.03. The minimum atomic E-state index is -1.14. The number of halogens is 1. The molecule has 0 bridgehead atoms. The highest BCUT2D eigenvalue weighted by molar-refractivity contribution is 9.10. The van der Waals surface area contributed by atoms with E-state index in [0.717, 1.165) is 26.4 Å². The molecule has 146 valence electrons. The van der Waals surface area contributed by atoms with Crippen molar-refractivity contribution in [3.8, 4) is 11.5 Å². The Morgan fingerprint density at radius 1 is 1.07 bits per heavy atom. The molecule has 0 spiro atoms. The molecule has 29 heavy (non-hydrogen) atoms. The lowest BCUT2D eigenvalue weighted by Gasteiger charge is -2.24. The Hall–Kier alpha value is -3.06. The molecule has 0 saturated carbocycles. The summed E-state index contributed by atoms with van der Waals surface area (Å²) in [4.78, 5) is 27.4. The number of fused-ring (bicyclic) bond motifs is 2. The monoisotopic (exact) mass is 452 g/mol. The van der Waals surface area contributed by atoms with E-state index < -0.39 is 11.6 Å². The lowest BCUT2D eigenvalue weighted by atomic mass is 9.88. The van der Waals surface area contributed by atoms with Crippen molar-refractivity contribution in [3.05, 3.63) is 70.2 Å². The number of hydrogen-bond donors (Lipinski definition) is 1. The largest absolute Gasteiger partial charge is 0.454 e. The summed E-state index contributed by atoms with van der Waals surface area (Å²) in [6, 6.07) is 16.8. The van der Waals surface area contributed by atoms with Crippen molar-refractivity contribution in [2.75, 3.05) is 6.79 Å². The molecule has 3 amide bonds. The van der Waals surface area contributed by atoms with Gasteiger partial charge in [0.25, 0.3) is 5.91 Å². The van der Waals surface area contributed by atoms with Crippen molar-refractivity contribution in [3.63, 3.8) is 0 Å². The highest BCUT2D eigenvalue weighted by atomic mass is 79.9. The molecule has 3 aromatic carbocycles. The van der Waals surface area contributed by atoms with Gasteiger partial charge < -0.3 is 14.8 Å². The third-order valence-electron chi connectivity index (χ3n) is 5.47. The van der Waals surface area contributed by atoms with Crippen molar-refractivity contribution < 1.29 is 19.1 Å². The predicted molar refractivity (Wildman–Crippen MR) is 111 cm³/mol. The number of carbonyl (C=O) groups excluding carboxylic acids is 2. The SMILES string of the molecule is C[C@]1(c2cccc3ccccc23)NC(=O)N(Cc2cc3c(cc2Br)OCO3)C1=O. The summed E-state index contributed by atoms with van der Waals surface area (Å²) in [7, 11) is 0. The second-order valence-corrected chi connectivity index (χ2v) is 8.12. The molecule has 7 heteroatoms. The van der Waals surface area contributed by atoms with Crippen LogP contribution in [0.1, 0.15) is 18.1 Å². The quantitative estimate of drug-likeness (QED) is 0.601. The van der Waals surface area contributed by atoms with E-state index in [1.807, 2.05) is 42.5 Å². The number of rotatable bonds is 3. The number of amides is 3. The van der Waals surface area contributed by atoms with Gasteiger partial charge in [0.2, 0.25) is 6.79 Å². The van der Waals surface area contributed by atoms with E-state index in [4.69, 9.17) is 9.47 Å². The summed E-state index contributed by atoms with van der Waals surface area (Å²) in [5.74, 6) is 0.953. The molecule has 6 nitrogen and oxygen atoms in total. The standard InChI is InChI=1S/C22H17BrN2O4/c1-22(16-8-4-6-13-5-2-3-7-15(13)16)20(26)25(21(27)24-22)11-14-9-18-19(10-17(14)23)29-12-28-18/h2-10H,11-12H2,1H3,(H,24,27)/t22-/m1/s1. The third-order valence-corrected chi connectivity index (χ3v) is 6.21. The molecule has 1 atom stereocenters. The minimum Gasteiger partial charge on any atom is -0.454 e. The lowest BCUT2D eigenvalue weighted by molar-refractivity contribution is -0.131. The Morgan fingerprint density at radius 3 is 2.62 bits per heavy atom. The number of imide groups is 1. The van der Waals surface area contributed by atoms with Gasteiger partial charge in [-0.15, -0.1) is 0 Å². The first-order valence-electron chi connectivity index (χ1n) is 9.18. The normalized spacial score (nSPS) is 20.4. The molecule has 1 saturated heterocycles. The van der Waals surface area contributed by atoms with Gasteiger partial charge in [0.1, 0.15) is 5.54 Å². The minimum absolute atomic E-state index is 0.127. The van der Waals surface area contributed by atoms with Crippen LogP contribution >= 0.6 is 15.9 Å². The predicted octanol–water partition coefficient (Wildman–Crippen LogP) is 4.30. The smallest absolute Gasteiger partial charge is 0.325 e. The van der Waals surface area contributed by atoms with Crippen molar-refractivity contribution in [2.45, 2.75) is 19.0 Å². The number of benzene rings is 3. The molecule has 1 fully saturated rings. The van der Waals surface area contributed by atoms with Crippen LogP contribution in [0.15, 0.2) is 59.1 Å². The maximum absolute atomic E-state index is 13.4. The van der Waals surface area contributed by atoms with Crippen molar-refractivity contribution in [1.29, 1.82) is 0 Å². The maximum Gasteiger partial charge on any atom is 0.325 e. The highest BCUT2D eigenvalue weighted by Crippen LogP contribution is 2.39. The molecule has 0 aromatic heterocycles. The number of hydrogen-bond acceptors (Lipinski definition) is 4. The van der Waals surface area contributed by atoms with Gasteiger partial charge in [0.05, 0.1) is 6.54 Å². The lowest BCUT2D eigenvalue weighted by Crippen LogP contribution is -2.41. The van der Waals surface area contributed by atoms with Gasteiger partial charge in [0.15, 0.2) is 11.5 Å². The van der Waals surface area contributed by atoms with E-state index >= 15 is 0 Å². The van der Waals surface area contributed by atoms with Crippen LogP contribution in [0.25, 0.3) is 10.8 Å². The second kappa shape index (κ2) is 6.49. The van der Waals surface area contributed by atoms with Gasteiger partial charge in [-0.2, -0.15) is 0 Å². The zero-order valence-electron chi connectivity index (χ0n) is 15.6. The summed E-state index contributed by atoms with van der Waals surface area (Å²) in [6.45, 7) is 2.04. The summed E-state index contributed by atoms with van der Waals surface area (Å²) >= 11 is 3.50. The Balaban J connectivity index is 1.52. The van der Waals surface area contributed by atoms with Gasteiger partial charge >= 0.3 is 6.03 Å². The van der Waals surface area contributed by atoms with Gasteiger partial charge in [-0.25, -0.2) is 4.79 Å². The zero-order chi connectivity index (χ0) is 20.2. The van der Waals surface area contributed by atoms with Crippen molar-refractivity contribution in [2.24, 2.45) is 0 Å². The number of nitrogens with zero attached hydrogens (tertiary/aromatic N) is 1. The van der Waals surface area contributed by atoms with E-state index in [-0.39, 0.29) is 19.2 Å². The van der Waals surface area contributed by atoms with Crippen molar-refractivity contribution >= 4 is 38.6 Å². The summed E-state index contributed by atoms with van der Waals surface area (Å²) in [5.41, 5.74) is 0.405. The van der Waals surface area contributed by atoms with Crippen LogP contribution in [0, 0.1) is 0 Å². The van der Waals surface area contributed by atoms with Gasteiger partial charge in [-0.3, -0.25) is 9.69 Å². The van der Waals surface area contributed by atoms with Crippen LogP contribution in [-0.4, -0.2) is 23.6 Å². The first kappa shape index (κ1) is 18.0. The van der Waals surface area contributed by atoms with E-state index in [2.05, 4.69) is 21.2 Å². The molecule has 1 N–H and O–H groups in total. The highest BCUT2D eigenvalue weighted by Gasteiger charge is 2.49. The fourth-order valence-corrected chi connectivity index (χ4v) is 4.38. The van der Waals surface area contributed by atoms with Crippen LogP contribution < -0.4 is 14.8 Å². The summed E-state index contributed by atoms with van der Waals surface area (Å²) < 4.78 is 11.5. The topological polar surface area (TPSA) is 67.9 Å². The number of urea groups is 1. The molecule has 3 aromatic rings. The van der Waals surface area contributed by atoms with Crippen LogP contribution in [0.5, 0.6) is 11.5 Å². The first-order chi connectivity index (χ1) is 14.0. The van der Waals surface area contributed by atoms with Crippen LogP contribution in [0.3, 0.4) is 0 Å². The number of nitrogens with one attached hydrogen (secondary N) is 1. The molecule has 2 aliphatic rings. The molecule has 2 aliphatic heterocycles. The van der Waals surface area contributed by atoms with Crippen molar-refractivity contribution in [1.82, 2.24) is 10.2 Å². The van der Waals surface area contributed by atoms with Crippen LogP contribution in [0.2, 0.25) is 0 Å². The molecule has 0 unspecified atom stereocenters. The fourth-order valence-electron chi connectivity index (χ4n) is 3.94. The fraction of sp³-hybridized carbons (Fsp3) is 0.182. The van der Waals surface area contributed by atoms with Gasteiger partial charge in [-0.05, 0) is 41.0 Å². The van der Waals surface area contributed by atoms with Crippen LogP contribution in [-0.2, 0) is 16.9 Å². The Bertz CT molecular complexity index is 1170. The zero-order valence-corrected chi connectivity index (χ0v) is 17.2. The Morgan fingerprint density at radius 2 is 1.79 bits per heavy atom. The van der Waals surface area contributed by atoms with E-state index in [9.17, 15) is 9.59 Å². The average Bonchev–Trinajstić information content (AvgIpc) is 3.25. The van der Waals surface area contributed by atoms with E-state index in [1.54, 1.807) is 19.1 Å².